The Morgan fingerprint density at radius 1 is 1.25 bits per heavy atom. The highest BCUT2D eigenvalue weighted by Crippen LogP contribution is 2.07. The van der Waals surface area contributed by atoms with Crippen molar-refractivity contribution in [1.29, 1.82) is 5.26 Å². The second-order valence-corrected chi connectivity index (χ2v) is 2.10. The molecular formula is C8H3F2NO. The zero-order valence-electron chi connectivity index (χ0n) is 5.84. The molecule has 2 nitrogen and oxygen atoms in total. The van der Waals surface area contributed by atoms with Crippen LogP contribution < -0.4 is 0 Å². The van der Waals surface area contributed by atoms with Gasteiger partial charge in [0.2, 0.25) is 0 Å². The molecule has 12 heavy (non-hydrogen) atoms. The molecule has 0 radical (unpaired) electrons. The number of halogens is 2. The Morgan fingerprint density at radius 2 is 1.75 bits per heavy atom. The number of ketones is 1. The molecule has 0 aromatic heterocycles. The van der Waals surface area contributed by atoms with E-state index in [-0.39, 0.29) is 5.56 Å². The van der Waals surface area contributed by atoms with Crippen LogP contribution in [0.3, 0.4) is 0 Å². The Hall–Kier alpha value is -1.76. The van der Waals surface area contributed by atoms with E-state index in [1.807, 2.05) is 0 Å². The van der Waals surface area contributed by atoms with Crippen LogP contribution in [0.2, 0.25) is 0 Å². The van der Waals surface area contributed by atoms with Gasteiger partial charge in [-0.05, 0) is 12.1 Å². The molecule has 4 heteroatoms. The number of Topliss-reactive ketones (excluding diaryl/α,β-unsaturated/α-hetero) is 1. The van der Waals surface area contributed by atoms with Crippen LogP contribution >= 0.6 is 0 Å². The normalized spacial score (nSPS) is 9.08. The molecule has 0 unspecified atom stereocenters. The molecule has 0 fully saturated rings. The average Bonchev–Trinajstić information content (AvgIpc) is 2.01. The number of benzene rings is 1. The van der Waals surface area contributed by atoms with Gasteiger partial charge < -0.3 is 0 Å². The number of nitrogens with zero attached hydrogens (tertiary/aromatic N) is 1. The van der Waals surface area contributed by atoms with E-state index in [0.29, 0.717) is 6.07 Å². The Morgan fingerprint density at radius 3 is 2.17 bits per heavy atom. The molecular weight excluding hydrogens is 164 g/mol. The van der Waals surface area contributed by atoms with Crippen molar-refractivity contribution in [3.05, 3.63) is 35.4 Å². The molecule has 1 aromatic rings. The second-order valence-electron chi connectivity index (χ2n) is 2.10. The molecule has 1 rings (SSSR count). The minimum absolute atomic E-state index is 0.269. The monoisotopic (exact) mass is 167 g/mol. The molecule has 60 valence electrons. The maximum atomic E-state index is 12.4. The van der Waals surface area contributed by atoms with Crippen molar-refractivity contribution in [2.24, 2.45) is 0 Å². The quantitative estimate of drug-likeness (QED) is 0.471. The molecule has 0 amide bonds. The van der Waals surface area contributed by atoms with Gasteiger partial charge in [-0.3, -0.25) is 4.79 Å². The van der Waals surface area contributed by atoms with Crippen LogP contribution in [0.4, 0.5) is 8.78 Å². The third-order valence-corrected chi connectivity index (χ3v) is 1.23. The number of carbonyl (C=O) groups is 1. The number of carbonyl (C=O) groups excluding carboxylic acids is 1. The fraction of sp³-hybridized carbons (Fsp3) is 0. The van der Waals surface area contributed by atoms with Gasteiger partial charge in [0.05, 0.1) is 0 Å². The van der Waals surface area contributed by atoms with Gasteiger partial charge in [-0.25, -0.2) is 8.78 Å². The van der Waals surface area contributed by atoms with Crippen molar-refractivity contribution in [2.75, 3.05) is 0 Å². The molecule has 0 N–H and O–H groups in total. The molecule has 0 bridgehead atoms. The van der Waals surface area contributed by atoms with E-state index in [0.717, 1.165) is 12.1 Å². The third kappa shape index (κ3) is 1.64. The molecule has 1 aromatic carbocycles. The van der Waals surface area contributed by atoms with Gasteiger partial charge in [-0.1, -0.05) is 0 Å². The Kier molecular flexibility index (Phi) is 2.15. The molecule has 0 saturated carbocycles. The van der Waals surface area contributed by atoms with E-state index in [9.17, 15) is 13.6 Å². The van der Waals surface area contributed by atoms with Gasteiger partial charge in [0, 0.05) is 11.6 Å². The van der Waals surface area contributed by atoms with Gasteiger partial charge in [-0.2, -0.15) is 5.26 Å². The van der Waals surface area contributed by atoms with Crippen molar-refractivity contribution in [3.63, 3.8) is 0 Å². The van der Waals surface area contributed by atoms with E-state index >= 15 is 0 Å². The fourth-order valence-corrected chi connectivity index (χ4v) is 0.749. The Balaban J connectivity index is 3.19. The first kappa shape index (κ1) is 8.34. The summed E-state index contributed by atoms with van der Waals surface area (Å²) in [4.78, 5) is 10.6. The Labute approximate surface area is 67.0 Å². The molecule has 0 spiro atoms. The lowest BCUT2D eigenvalue weighted by atomic mass is 10.1. The summed E-state index contributed by atoms with van der Waals surface area (Å²) >= 11 is 0. The number of hydrogen-bond donors (Lipinski definition) is 0. The SMILES string of the molecule is N#CC(=O)c1cc(F)cc(F)c1. The first-order valence-corrected chi connectivity index (χ1v) is 3.04. The van der Waals surface area contributed by atoms with Gasteiger partial charge >= 0.3 is 0 Å². The van der Waals surface area contributed by atoms with Crippen LogP contribution in [0.5, 0.6) is 0 Å². The fourth-order valence-electron chi connectivity index (χ4n) is 0.749. The van der Waals surface area contributed by atoms with Crippen molar-refractivity contribution < 1.29 is 13.6 Å². The third-order valence-electron chi connectivity index (χ3n) is 1.23. The van der Waals surface area contributed by atoms with Crippen LogP contribution in [-0.4, -0.2) is 5.78 Å². The lowest BCUT2D eigenvalue weighted by Crippen LogP contribution is -1.96. The average molecular weight is 167 g/mol. The Bertz CT molecular complexity index is 348. The second kappa shape index (κ2) is 3.09. The molecule has 0 aliphatic heterocycles. The molecule has 0 aliphatic carbocycles. The summed E-state index contributed by atoms with van der Waals surface area (Å²) in [6.07, 6.45) is 0. The first-order chi connectivity index (χ1) is 5.63. The number of rotatable bonds is 1. The zero-order valence-corrected chi connectivity index (χ0v) is 5.84. The molecule has 0 aliphatic rings. The van der Waals surface area contributed by atoms with Crippen LogP contribution in [0.25, 0.3) is 0 Å². The van der Waals surface area contributed by atoms with Crippen molar-refractivity contribution in [1.82, 2.24) is 0 Å². The topological polar surface area (TPSA) is 40.9 Å². The van der Waals surface area contributed by atoms with E-state index in [2.05, 4.69) is 0 Å². The highest BCUT2D eigenvalue weighted by Gasteiger charge is 2.07. The summed E-state index contributed by atoms with van der Waals surface area (Å²) in [5.41, 5.74) is -0.269. The smallest absolute Gasteiger partial charge is 0.262 e. The lowest BCUT2D eigenvalue weighted by Gasteiger charge is -1.93. The van der Waals surface area contributed by atoms with E-state index in [4.69, 9.17) is 5.26 Å². The predicted octanol–water partition coefficient (Wildman–Crippen LogP) is 1.67. The standard InChI is InChI=1S/C8H3F2NO/c9-6-1-5(8(12)4-11)2-7(10)3-6/h1-3H. The highest BCUT2D eigenvalue weighted by molar-refractivity contribution is 6.07. The predicted molar refractivity (Wildman–Crippen MR) is 36.3 cm³/mol. The summed E-state index contributed by atoms with van der Waals surface area (Å²) in [7, 11) is 0. The summed E-state index contributed by atoms with van der Waals surface area (Å²) in [5.74, 6) is -2.68. The van der Waals surface area contributed by atoms with Crippen molar-refractivity contribution in [2.45, 2.75) is 0 Å². The largest absolute Gasteiger partial charge is 0.277 e. The van der Waals surface area contributed by atoms with Gasteiger partial charge in [0.1, 0.15) is 17.7 Å². The van der Waals surface area contributed by atoms with Crippen LogP contribution in [-0.2, 0) is 0 Å². The van der Waals surface area contributed by atoms with Gasteiger partial charge in [-0.15, -0.1) is 0 Å². The van der Waals surface area contributed by atoms with Crippen molar-refractivity contribution >= 4 is 5.78 Å². The first-order valence-electron chi connectivity index (χ1n) is 3.04. The summed E-state index contributed by atoms with van der Waals surface area (Å²) in [5, 5.41) is 8.13. The van der Waals surface area contributed by atoms with E-state index in [1.54, 1.807) is 0 Å². The lowest BCUT2D eigenvalue weighted by molar-refractivity contribution is 0.105. The van der Waals surface area contributed by atoms with Gasteiger partial charge in [0.25, 0.3) is 5.78 Å². The minimum Gasteiger partial charge on any atom is -0.277 e. The van der Waals surface area contributed by atoms with Crippen LogP contribution in [0, 0.1) is 23.0 Å². The number of hydrogen-bond acceptors (Lipinski definition) is 2. The molecule has 0 saturated heterocycles. The van der Waals surface area contributed by atoms with E-state index < -0.39 is 17.4 Å². The van der Waals surface area contributed by atoms with Crippen LogP contribution in [0.15, 0.2) is 18.2 Å². The van der Waals surface area contributed by atoms with Gasteiger partial charge in [0.15, 0.2) is 0 Å². The molecule has 0 heterocycles. The maximum absolute atomic E-state index is 12.4. The maximum Gasteiger partial charge on any atom is 0.262 e. The zero-order chi connectivity index (χ0) is 9.14. The number of nitriles is 1. The minimum atomic E-state index is -0.951. The van der Waals surface area contributed by atoms with E-state index in [1.165, 1.54) is 6.07 Å². The van der Waals surface area contributed by atoms with Crippen molar-refractivity contribution in [3.8, 4) is 6.07 Å². The highest BCUT2D eigenvalue weighted by atomic mass is 19.1. The summed E-state index contributed by atoms with van der Waals surface area (Å²) < 4.78 is 24.8. The summed E-state index contributed by atoms with van der Waals surface area (Å²) in [6.45, 7) is 0. The van der Waals surface area contributed by atoms with Crippen LogP contribution in [0.1, 0.15) is 10.4 Å². The molecule has 0 atom stereocenters. The summed E-state index contributed by atoms with van der Waals surface area (Å²) in [6, 6.07) is 3.52.